The summed E-state index contributed by atoms with van der Waals surface area (Å²) in [5.74, 6) is 0. The topological polar surface area (TPSA) is 68.3 Å². The summed E-state index contributed by atoms with van der Waals surface area (Å²) in [7, 11) is 2.60. The van der Waals surface area contributed by atoms with Gasteiger partial charge in [0.25, 0.3) is 18.1 Å². The zero-order valence-electron chi connectivity index (χ0n) is 8.48. The normalized spacial score (nSPS) is 15.9. The van der Waals surface area contributed by atoms with Gasteiger partial charge >= 0.3 is 0 Å². The SMILES string of the molecule is O=S(=O)(Cl)c1cc2c(c(S(=O)(=O)Cl)c1)CCC2. The molecule has 1 aliphatic rings. The average molecular weight is 315 g/mol. The lowest BCUT2D eigenvalue weighted by Gasteiger charge is -2.07. The van der Waals surface area contributed by atoms with Crippen LogP contribution in [0.25, 0.3) is 0 Å². The standard InChI is InChI=1S/C9H8Cl2O4S2/c10-16(12,13)7-4-6-2-1-3-8(6)9(5-7)17(11,14)15/h4-5H,1-3H2. The first-order chi connectivity index (χ1) is 7.69. The van der Waals surface area contributed by atoms with Crippen molar-refractivity contribution in [2.45, 2.75) is 29.1 Å². The molecule has 0 radical (unpaired) electrons. The maximum Gasteiger partial charge on any atom is 0.261 e. The van der Waals surface area contributed by atoms with Crippen LogP contribution in [0.5, 0.6) is 0 Å². The minimum Gasteiger partial charge on any atom is -0.207 e. The fraction of sp³-hybridized carbons (Fsp3) is 0.333. The number of fused-ring (bicyclic) bond motifs is 1. The Morgan fingerprint density at radius 2 is 1.59 bits per heavy atom. The van der Waals surface area contributed by atoms with Crippen molar-refractivity contribution in [3.8, 4) is 0 Å². The molecule has 17 heavy (non-hydrogen) atoms. The Morgan fingerprint density at radius 3 is 2.12 bits per heavy atom. The molecule has 94 valence electrons. The number of halogens is 2. The minimum atomic E-state index is -3.96. The summed E-state index contributed by atoms with van der Waals surface area (Å²) < 4.78 is 45.3. The summed E-state index contributed by atoms with van der Waals surface area (Å²) >= 11 is 0. The molecule has 0 saturated carbocycles. The van der Waals surface area contributed by atoms with Crippen molar-refractivity contribution in [1.82, 2.24) is 0 Å². The number of aryl methyl sites for hydroxylation is 1. The molecule has 0 N–H and O–H groups in total. The number of rotatable bonds is 2. The summed E-state index contributed by atoms with van der Waals surface area (Å²) in [6.45, 7) is 0. The van der Waals surface area contributed by atoms with Crippen molar-refractivity contribution in [3.63, 3.8) is 0 Å². The van der Waals surface area contributed by atoms with Gasteiger partial charge in [-0.1, -0.05) is 0 Å². The highest BCUT2D eigenvalue weighted by molar-refractivity contribution is 8.14. The van der Waals surface area contributed by atoms with E-state index in [9.17, 15) is 16.8 Å². The quantitative estimate of drug-likeness (QED) is 0.783. The molecule has 0 atom stereocenters. The molecule has 1 aromatic carbocycles. The molecule has 0 unspecified atom stereocenters. The van der Waals surface area contributed by atoms with E-state index in [2.05, 4.69) is 0 Å². The van der Waals surface area contributed by atoms with Crippen LogP contribution in [0.1, 0.15) is 17.5 Å². The van der Waals surface area contributed by atoms with Gasteiger partial charge in [-0.3, -0.25) is 0 Å². The molecule has 0 saturated heterocycles. The van der Waals surface area contributed by atoms with Crippen molar-refractivity contribution in [3.05, 3.63) is 23.3 Å². The summed E-state index contributed by atoms with van der Waals surface area (Å²) in [5, 5.41) is 0. The second-order valence-corrected chi connectivity index (χ2v) is 8.89. The monoisotopic (exact) mass is 314 g/mol. The molecule has 1 aromatic rings. The molecule has 0 amide bonds. The second-order valence-electron chi connectivity index (χ2n) is 3.79. The van der Waals surface area contributed by atoms with Crippen LogP contribution in [0.3, 0.4) is 0 Å². The molecule has 0 heterocycles. The van der Waals surface area contributed by atoms with E-state index in [1.165, 1.54) is 6.07 Å². The third-order valence-electron chi connectivity index (χ3n) is 2.69. The molecule has 0 bridgehead atoms. The molecule has 0 aliphatic heterocycles. The summed E-state index contributed by atoms with van der Waals surface area (Å²) in [5.41, 5.74) is 1.29. The summed E-state index contributed by atoms with van der Waals surface area (Å²) in [4.78, 5) is -0.368. The fourth-order valence-corrected chi connectivity index (χ4v) is 4.09. The van der Waals surface area contributed by atoms with Gasteiger partial charge in [0.1, 0.15) is 0 Å². The van der Waals surface area contributed by atoms with Crippen LogP contribution >= 0.6 is 21.4 Å². The highest BCUT2D eigenvalue weighted by atomic mass is 35.7. The lowest BCUT2D eigenvalue weighted by molar-refractivity contribution is 0.607. The van der Waals surface area contributed by atoms with E-state index in [4.69, 9.17) is 21.4 Å². The van der Waals surface area contributed by atoms with Crippen molar-refractivity contribution >= 4 is 39.5 Å². The smallest absolute Gasteiger partial charge is 0.207 e. The van der Waals surface area contributed by atoms with E-state index in [0.717, 1.165) is 12.5 Å². The average Bonchev–Trinajstić information content (AvgIpc) is 2.59. The summed E-state index contributed by atoms with van der Waals surface area (Å²) in [6.07, 6.45) is 1.99. The Balaban J connectivity index is 2.80. The van der Waals surface area contributed by atoms with E-state index in [0.29, 0.717) is 24.0 Å². The van der Waals surface area contributed by atoms with Gasteiger partial charge in [0.15, 0.2) is 0 Å². The maximum absolute atomic E-state index is 11.4. The van der Waals surface area contributed by atoms with Crippen molar-refractivity contribution in [1.29, 1.82) is 0 Å². The Hall–Kier alpha value is -0.300. The largest absolute Gasteiger partial charge is 0.261 e. The van der Waals surface area contributed by atoms with Gasteiger partial charge in [-0.05, 0) is 42.5 Å². The fourth-order valence-electron chi connectivity index (χ4n) is 2.00. The van der Waals surface area contributed by atoms with E-state index < -0.39 is 18.1 Å². The van der Waals surface area contributed by atoms with E-state index >= 15 is 0 Å². The molecular weight excluding hydrogens is 307 g/mol. The van der Waals surface area contributed by atoms with Gasteiger partial charge in [0.05, 0.1) is 9.79 Å². The van der Waals surface area contributed by atoms with E-state index in [-0.39, 0.29) is 9.79 Å². The molecular formula is C9H8Cl2O4S2. The van der Waals surface area contributed by atoms with E-state index in [1.54, 1.807) is 0 Å². The van der Waals surface area contributed by atoms with Gasteiger partial charge in [-0.2, -0.15) is 0 Å². The molecule has 8 heteroatoms. The molecule has 1 aliphatic carbocycles. The van der Waals surface area contributed by atoms with Crippen LogP contribution in [0.2, 0.25) is 0 Å². The van der Waals surface area contributed by atoms with Crippen LogP contribution in [0.15, 0.2) is 21.9 Å². The van der Waals surface area contributed by atoms with Gasteiger partial charge < -0.3 is 0 Å². The number of hydrogen-bond acceptors (Lipinski definition) is 4. The van der Waals surface area contributed by atoms with Crippen LogP contribution in [-0.4, -0.2) is 16.8 Å². The molecule has 0 spiro atoms. The lowest BCUT2D eigenvalue weighted by Crippen LogP contribution is -2.01. The van der Waals surface area contributed by atoms with Crippen LogP contribution in [0.4, 0.5) is 0 Å². The van der Waals surface area contributed by atoms with Crippen LogP contribution < -0.4 is 0 Å². The predicted octanol–water partition coefficient (Wildman–Crippen LogP) is 2.03. The zero-order chi connectivity index (χ0) is 12.8. The van der Waals surface area contributed by atoms with Gasteiger partial charge in [-0.25, -0.2) is 16.8 Å². The van der Waals surface area contributed by atoms with E-state index in [1.807, 2.05) is 0 Å². The van der Waals surface area contributed by atoms with Gasteiger partial charge in [-0.15, -0.1) is 0 Å². The van der Waals surface area contributed by atoms with Crippen LogP contribution in [0, 0.1) is 0 Å². The first-order valence-electron chi connectivity index (χ1n) is 4.75. The third-order valence-corrected chi connectivity index (χ3v) is 5.41. The minimum absolute atomic E-state index is 0.145. The first-order valence-corrected chi connectivity index (χ1v) is 9.36. The highest BCUT2D eigenvalue weighted by Crippen LogP contribution is 2.33. The molecule has 2 rings (SSSR count). The van der Waals surface area contributed by atoms with Crippen molar-refractivity contribution in [2.24, 2.45) is 0 Å². The Bertz CT molecular complexity index is 677. The number of benzene rings is 1. The lowest BCUT2D eigenvalue weighted by atomic mass is 10.1. The maximum atomic E-state index is 11.4. The Labute approximate surface area is 108 Å². The third kappa shape index (κ3) is 2.59. The van der Waals surface area contributed by atoms with Crippen molar-refractivity contribution in [2.75, 3.05) is 0 Å². The molecule has 0 aromatic heterocycles. The van der Waals surface area contributed by atoms with Gasteiger partial charge in [0.2, 0.25) is 0 Å². The van der Waals surface area contributed by atoms with Gasteiger partial charge in [0, 0.05) is 21.4 Å². The Morgan fingerprint density at radius 1 is 0.941 bits per heavy atom. The summed E-state index contributed by atoms with van der Waals surface area (Å²) in [6, 6.07) is 2.44. The molecule has 4 nitrogen and oxygen atoms in total. The Kier molecular flexibility index (Phi) is 3.18. The number of hydrogen-bond donors (Lipinski definition) is 0. The predicted molar refractivity (Wildman–Crippen MR) is 64.5 cm³/mol. The zero-order valence-corrected chi connectivity index (χ0v) is 11.6. The first kappa shape index (κ1) is 13.1. The highest BCUT2D eigenvalue weighted by Gasteiger charge is 2.26. The van der Waals surface area contributed by atoms with Crippen LogP contribution in [-0.2, 0) is 30.9 Å². The molecule has 0 fully saturated rings. The second kappa shape index (κ2) is 4.12. The van der Waals surface area contributed by atoms with Crippen molar-refractivity contribution < 1.29 is 16.8 Å².